The van der Waals surface area contributed by atoms with Crippen LogP contribution in [0.4, 0.5) is 0 Å². The summed E-state index contributed by atoms with van der Waals surface area (Å²) in [6.45, 7) is 8.86. The van der Waals surface area contributed by atoms with Gasteiger partial charge in [-0.2, -0.15) is 0 Å². The van der Waals surface area contributed by atoms with Crippen molar-refractivity contribution in [2.24, 2.45) is 5.92 Å². The molecular formula is C14H28N2O2. The van der Waals surface area contributed by atoms with Gasteiger partial charge < -0.3 is 15.3 Å². The van der Waals surface area contributed by atoms with Crippen molar-refractivity contribution in [2.75, 3.05) is 26.2 Å². The van der Waals surface area contributed by atoms with Crippen LogP contribution < -0.4 is 5.32 Å². The minimum atomic E-state index is -0.616. The zero-order chi connectivity index (χ0) is 13.4. The average Bonchev–Trinajstić information content (AvgIpc) is 2.39. The number of hydrogen-bond donors (Lipinski definition) is 2. The van der Waals surface area contributed by atoms with Crippen LogP contribution in [0.1, 0.15) is 46.0 Å². The van der Waals surface area contributed by atoms with Crippen molar-refractivity contribution in [1.29, 1.82) is 0 Å². The van der Waals surface area contributed by atoms with Gasteiger partial charge in [0.2, 0.25) is 0 Å². The second kappa shape index (κ2) is 8.48. The second-order valence-corrected chi connectivity index (χ2v) is 5.22. The van der Waals surface area contributed by atoms with Crippen molar-refractivity contribution in [2.45, 2.75) is 52.0 Å². The molecule has 0 saturated heterocycles. The van der Waals surface area contributed by atoms with Crippen LogP contribution in [0.25, 0.3) is 0 Å². The molecule has 0 aromatic rings. The monoisotopic (exact) mass is 256 g/mol. The second-order valence-electron chi connectivity index (χ2n) is 5.22. The Kier molecular flexibility index (Phi) is 7.28. The van der Waals surface area contributed by atoms with Crippen LogP contribution >= 0.6 is 0 Å². The highest BCUT2D eigenvalue weighted by molar-refractivity contribution is 5.70. The Morgan fingerprint density at radius 2 is 1.83 bits per heavy atom. The van der Waals surface area contributed by atoms with Crippen LogP contribution in [-0.4, -0.2) is 48.2 Å². The Morgan fingerprint density at radius 3 is 2.33 bits per heavy atom. The van der Waals surface area contributed by atoms with E-state index in [1.807, 2.05) is 0 Å². The molecule has 1 rings (SSSR count). The number of hydrogen-bond acceptors (Lipinski definition) is 3. The minimum Gasteiger partial charge on any atom is -0.481 e. The molecule has 0 bridgehead atoms. The highest BCUT2D eigenvalue weighted by Gasteiger charge is 2.25. The summed E-state index contributed by atoms with van der Waals surface area (Å²) < 4.78 is 0. The molecule has 0 spiro atoms. The van der Waals surface area contributed by atoms with Crippen molar-refractivity contribution in [1.82, 2.24) is 10.2 Å². The largest absolute Gasteiger partial charge is 0.481 e. The van der Waals surface area contributed by atoms with E-state index in [1.54, 1.807) is 0 Å². The number of carbonyl (C=O) groups is 1. The molecule has 1 fully saturated rings. The SMILES string of the molecule is CCN(CC)CCCNC1CCC(C(=O)O)CC1. The van der Waals surface area contributed by atoms with Crippen LogP contribution in [0, 0.1) is 5.92 Å². The molecule has 0 aromatic heterocycles. The first-order valence-corrected chi connectivity index (χ1v) is 7.35. The lowest BCUT2D eigenvalue weighted by molar-refractivity contribution is -0.142. The summed E-state index contributed by atoms with van der Waals surface area (Å²) in [7, 11) is 0. The molecule has 1 saturated carbocycles. The van der Waals surface area contributed by atoms with Crippen LogP contribution in [-0.2, 0) is 4.79 Å². The maximum absolute atomic E-state index is 10.8. The fourth-order valence-corrected chi connectivity index (χ4v) is 2.69. The van der Waals surface area contributed by atoms with Gasteiger partial charge in [0.1, 0.15) is 0 Å². The normalized spacial score (nSPS) is 24.4. The van der Waals surface area contributed by atoms with Gasteiger partial charge in [-0.15, -0.1) is 0 Å². The molecule has 4 nitrogen and oxygen atoms in total. The molecule has 2 N–H and O–H groups in total. The zero-order valence-electron chi connectivity index (χ0n) is 11.8. The first-order chi connectivity index (χ1) is 8.67. The molecule has 18 heavy (non-hydrogen) atoms. The van der Waals surface area contributed by atoms with Gasteiger partial charge in [-0.3, -0.25) is 4.79 Å². The zero-order valence-corrected chi connectivity index (χ0v) is 11.8. The van der Waals surface area contributed by atoms with E-state index >= 15 is 0 Å². The van der Waals surface area contributed by atoms with Gasteiger partial charge in [0.25, 0.3) is 0 Å². The Labute approximate surface area is 111 Å². The van der Waals surface area contributed by atoms with E-state index in [9.17, 15) is 4.79 Å². The topological polar surface area (TPSA) is 52.6 Å². The van der Waals surface area contributed by atoms with Gasteiger partial charge in [-0.25, -0.2) is 0 Å². The summed E-state index contributed by atoms with van der Waals surface area (Å²) in [5, 5.41) is 12.5. The van der Waals surface area contributed by atoms with E-state index in [0.29, 0.717) is 6.04 Å². The number of nitrogens with one attached hydrogen (secondary N) is 1. The van der Waals surface area contributed by atoms with Gasteiger partial charge in [0, 0.05) is 6.04 Å². The van der Waals surface area contributed by atoms with Crippen LogP contribution in [0.3, 0.4) is 0 Å². The number of aliphatic carboxylic acids is 1. The summed E-state index contributed by atoms with van der Waals surface area (Å²) in [6.07, 6.45) is 4.89. The van der Waals surface area contributed by atoms with E-state index in [4.69, 9.17) is 5.11 Å². The molecule has 1 aliphatic carbocycles. The van der Waals surface area contributed by atoms with Crippen molar-refractivity contribution in [3.63, 3.8) is 0 Å². The van der Waals surface area contributed by atoms with Gasteiger partial charge in [0.15, 0.2) is 0 Å². The third-order valence-corrected chi connectivity index (χ3v) is 4.05. The highest BCUT2D eigenvalue weighted by Crippen LogP contribution is 2.24. The molecule has 106 valence electrons. The summed E-state index contributed by atoms with van der Waals surface area (Å²) in [5.74, 6) is -0.714. The Balaban J connectivity index is 2.06. The lowest BCUT2D eigenvalue weighted by Crippen LogP contribution is -2.36. The van der Waals surface area contributed by atoms with Crippen LogP contribution in [0.5, 0.6) is 0 Å². The standard InChI is InChI=1S/C14H28N2O2/c1-3-16(4-2)11-5-10-15-13-8-6-12(7-9-13)14(17)18/h12-13,15H,3-11H2,1-2H3,(H,17,18). The molecule has 4 heteroatoms. The Morgan fingerprint density at radius 1 is 1.22 bits per heavy atom. The average molecular weight is 256 g/mol. The Bertz CT molecular complexity index is 234. The van der Waals surface area contributed by atoms with E-state index in [2.05, 4.69) is 24.1 Å². The van der Waals surface area contributed by atoms with Crippen molar-refractivity contribution in [3.8, 4) is 0 Å². The van der Waals surface area contributed by atoms with Crippen molar-refractivity contribution < 1.29 is 9.90 Å². The summed E-state index contributed by atoms with van der Waals surface area (Å²) in [4.78, 5) is 13.3. The van der Waals surface area contributed by atoms with Crippen LogP contribution in [0.2, 0.25) is 0 Å². The van der Waals surface area contributed by atoms with Crippen molar-refractivity contribution >= 4 is 5.97 Å². The Hall–Kier alpha value is -0.610. The maximum Gasteiger partial charge on any atom is 0.306 e. The highest BCUT2D eigenvalue weighted by atomic mass is 16.4. The maximum atomic E-state index is 10.8. The molecule has 0 radical (unpaired) electrons. The first-order valence-electron chi connectivity index (χ1n) is 7.35. The van der Waals surface area contributed by atoms with Gasteiger partial charge in [-0.1, -0.05) is 13.8 Å². The lowest BCUT2D eigenvalue weighted by atomic mass is 9.86. The fourth-order valence-electron chi connectivity index (χ4n) is 2.69. The van der Waals surface area contributed by atoms with E-state index in [-0.39, 0.29) is 5.92 Å². The number of carboxylic acids is 1. The smallest absolute Gasteiger partial charge is 0.306 e. The summed E-state index contributed by atoms with van der Waals surface area (Å²) in [6, 6.07) is 0.539. The van der Waals surface area contributed by atoms with E-state index in [0.717, 1.165) is 51.9 Å². The van der Waals surface area contributed by atoms with Crippen molar-refractivity contribution in [3.05, 3.63) is 0 Å². The fraction of sp³-hybridized carbons (Fsp3) is 0.929. The number of rotatable bonds is 8. The summed E-state index contributed by atoms with van der Waals surface area (Å²) in [5.41, 5.74) is 0. The minimum absolute atomic E-state index is 0.0984. The van der Waals surface area contributed by atoms with Crippen LogP contribution in [0.15, 0.2) is 0 Å². The molecule has 0 aromatic carbocycles. The van der Waals surface area contributed by atoms with E-state index < -0.39 is 5.97 Å². The predicted molar refractivity (Wildman–Crippen MR) is 73.8 cm³/mol. The third-order valence-electron chi connectivity index (χ3n) is 4.05. The van der Waals surface area contributed by atoms with Gasteiger partial charge in [0.05, 0.1) is 5.92 Å². The molecular weight excluding hydrogens is 228 g/mol. The molecule has 0 unspecified atom stereocenters. The van der Waals surface area contributed by atoms with Gasteiger partial charge >= 0.3 is 5.97 Å². The van der Waals surface area contributed by atoms with E-state index in [1.165, 1.54) is 6.42 Å². The first kappa shape index (κ1) is 15.4. The third kappa shape index (κ3) is 5.36. The quantitative estimate of drug-likeness (QED) is 0.652. The molecule has 0 amide bonds. The molecule has 0 heterocycles. The number of nitrogens with zero attached hydrogens (tertiary/aromatic N) is 1. The molecule has 1 aliphatic rings. The van der Waals surface area contributed by atoms with Gasteiger partial charge in [-0.05, 0) is 58.3 Å². The molecule has 0 atom stereocenters. The number of carboxylic acid groups (broad SMARTS) is 1. The molecule has 0 aliphatic heterocycles. The lowest BCUT2D eigenvalue weighted by Gasteiger charge is -2.27. The predicted octanol–water partition coefficient (Wildman–Crippen LogP) is 1.95. The summed E-state index contributed by atoms with van der Waals surface area (Å²) >= 11 is 0.